The molecule has 8 rings (SSSR count). The number of rotatable bonds is 10. The van der Waals surface area contributed by atoms with Gasteiger partial charge in [0.1, 0.15) is 48.8 Å². The van der Waals surface area contributed by atoms with Gasteiger partial charge in [-0.3, -0.25) is 0 Å². The van der Waals surface area contributed by atoms with Crippen molar-refractivity contribution in [3.8, 4) is 0 Å². The lowest BCUT2D eigenvalue weighted by Crippen LogP contribution is -2.64. The molecule has 0 aromatic heterocycles. The molecule has 5 fully saturated rings. The highest BCUT2D eigenvalue weighted by molar-refractivity contribution is 5.18. The number of fused-ring (bicyclic) bond motifs is 2. The third kappa shape index (κ3) is 7.41. The van der Waals surface area contributed by atoms with E-state index in [0.29, 0.717) is 19.8 Å². The van der Waals surface area contributed by atoms with Gasteiger partial charge in [-0.15, -0.1) is 0 Å². The standard InChI is InChI=1S/C39H46O11/c1-38(2)43-23-28(48-38)30-32(34-37(46-30)50-39(3,4)49-34)47-36-33(41-21-25-16-10-6-11-17-25)31(40-20-24-14-8-5-9-15-24)29-27(44-36)22-42-35(45-29)26-18-12-7-13-19-26/h5-19,27-37H,20-23H2,1-4H3/t27-,28-,29-,30-,31+,32+,33+,34-,35?,36+,37-/m1/s1. The average molecular weight is 691 g/mol. The van der Waals surface area contributed by atoms with Gasteiger partial charge in [0.25, 0.3) is 0 Å². The van der Waals surface area contributed by atoms with E-state index in [9.17, 15) is 0 Å². The summed E-state index contributed by atoms with van der Waals surface area (Å²) in [4.78, 5) is 0. The third-order valence-corrected chi connectivity index (χ3v) is 9.64. The molecule has 0 N–H and O–H groups in total. The summed E-state index contributed by atoms with van der Waals surface area (Å²) in [7, 11) is 0. The summed E-state index contributed by atoms with van der Waals surface area (Å²) in [5.74, 6) is -1.63. The van der Waals surface area contributed by atoms with Crippen LogP contribution in [0.5, 0.6) is 0 Å². The predicted octanol–water partition coefficient (Wildman–Crippen LogP) is 5.41. The summed E-state index contributed by atoms with van der Waals surface area (Å²) < 4.78 is 71.5. The molecule has 0 bridgehead atoms. The Balaban J connectivity index is 1.12. The predicted molar refractivity (Wildman–Crippen MR) is 177 cm³/mol. The van der Waals surface area contributed by atoms with Gasteiger partial charge < -0.3 is 52.1 Å². The summed E-state index contributed by atoms with van der Waals surface area (Å²) in [6.07, 6.45) is -6.73. The van der Waals surface area contributed by atoms with Crippen LogP contribution in [0.3, 0.4) is 0 Å². The molecular weight excluding hydrogens is 644 g/mol. The van der Waals surface area contributed by atoms with Gasteiger partial charge in [-0.05, 0) is 38.8 Å². The SMILES string of the molecule is CC1(C)O[C@H]2O[C@H]([C@H]3COC(C)(C)O3)[C@H](O[C@@H]3O[C@@H]4COC(c5ccccc5)O[C@H]4[C@H](OCc4ccccc4)[C@@H]3OCc3ccccc3)[C@H]2O1. The first-order valence-corrected chi connectivity index (χ1v) is 17.5. The highest BCUT2D eigenvalue weighted by Gasteiger charge is 2.61. The van der Waals surface area contributed by atoms with Gasteiger partial charge in [-0.25, -0.2) is 0 Å². The molecule has 5 heterocycles. The first-order chi connectivity index (χ1) is 24.2. The van der Waals surface area contributed by atoms with Gasteiger partial charge in [0.2, 0.25) is 0 Å². The maximum absolute atomic E-state index is 6.99. The van der Waals surface area contributed by atoms with Gasteiger partial charge in [-0.2, -0.15) is 0 Å². The molecule has 5 aliphatic heterocycles. The van der Waals surface area contributed by atoms with Gasteiger partial charge in [0.15, 0.2) is 30.4 Å². The first kappa shape index (κ1) is 34.3. The molecule has 0 saturated carbocycles. The molecule has 5 aliphatic rings. The van der Waals surface area contributed by atoms with Crippen LogP contribution in [0.4, 0.5) is 0 Å². The summed E-state index contributed by atoms with van der Waals surface area (Å²) in [5.41, 5.74) is 2.93. The van der Waals surface area contributed by atoms with Crippen molar-refractivity contribution in [2.75, 3.05) is 13.2 Å². The monoisotopic (exact) mass is 690 g/mol. The van der Waals surface area contributed by atoms with Crippen LogP contribution in [0.15, 0.2) is 91.0 Å². The first-order valence-electron chi connectivity index (χ1n) is 17.5. The summed E-state index contributed by atoms with van der Waals surface area (Å²) in [6.45, 7) is 8.71. The zero-order valence-electron chi connectivity index (χ0n) is 28.8. The second-order valence-electron chi connectivity index (χ2n) is 14.3. The van der Waals surface area contributed by atoms with E-state index in [0.717, 1.165) is 16.7 Å². The normalized spacial score (nSPS) is 37.3. The Morgan fingerprint density at radius 3 is 1.84 bits per heavy atom. The quantitative estimate of drug-likeness (QED) is 0.273. The molecule has 0 radical (unpaired) electrons. The minimum atomic E-state index is -0.918. The van der Waals surface area contributed by atoms with Gasteiger partial charge in [0.05, 0.1) is 26.4 Å². The lowest BCUT2D eigenvalue weighted by Gasteiger charge is -2.49. The van der Waals surface area contributed by atoms with Crippen molar-refractivity contribution in [3.63, 3.8) is 0 Å². The molecule has 11 atom stereocenters. The molecule has 5 saturated heterocycles. The van der Waals surface area contributed by atoms with Crippen molar-refractivity contribution in [2.24, 2.45) is 0 Å². The molecule has 11 heteroatoms. The van der Waals surface area contributed by atoms with E-state index in [4.69, 9.17) is 52.1 Å². The number of benzene rings is 3. The maximum atomic E-state index is 6.99. The molecule has 1 unspecified atom stereocenters. The number of hydrogen-bond acceptors (Lipinski definition) is 11. The van der Waals surface area contributed by atoms with Crippen LogP contribution in [0.2, 0.25) is 0 Å². The topological polar surface area (TPSA) is 102 Å². The number of hydrogen-bond donors (Lipinski definition) is 0. The van der Waals surface area contributed by atoms with E-state index in [2.05, 4.69) is 0 Å². The zero-order chi connectivity index (χ0) is 34.3. The third-order valence-electron chi connectivity index (χ3n) is 9.64. The lowest BCUT2D eigenvalue weighted by molar-refractivity contribution is -0.381. The zero-order valence-corrected chi connectivity index (χ0v) is 28.8. The van der Waals surface area contributed by atoms with Crippen LogP contribution in [-0.2, 0) is 65.3 Å². The molecule has 3 aromatic rings. The molecule has 3 aromatic carbocycles. The average Bonchev–Trinajstić information content (AvgIpc) is 3.75. The van der Waals surface area contributed by atoms with E-state index in [1.165, 1.54) is 0 Å². The largest absolute Gasteiger partial charge is 0.368 e. The summed E-state index contributed by atoms with van der Waals surface area (Å²) in [6, 6.07) is 29.9. The molecule has 11 nitrogen and oxygen atoms in total. The van der Waals surface area contributed by atoms with Gasteiger partial charge in [-0.1, -0.05) is 91.0 Å². The molecule has 0 spiro atoms. The van der Waals surface area contributed by atoms with Crippen molar-refractivity contribution in [1.29, 1.82) is 0 Å². The van der Waals surface area contributed by atoms with Crippen molar-refractivity contribution in [1.82, 2.24) is 0 Å². The fourth-order valence-corrected chi connectivity index (χ4v) is 7.33. The van der Waals surface area contributed by atoms with E-state index in [-0.39, 0.29) is 6.61 Å². The van der Waals surface area contributed by atoms with E-state index in [1.54, 1.807) is 0 Å². The molecule has 50 heavy (non-hydrogen) atoms. The van der Waals surface area contributed by atoms with Crippen LogP contribution in [0.1, 0.15) is 50.7 Å². The van der Waals surface area contributed by atoms with Crippen LogP contribution < -0.4 is 0 Å². The van der Waals surface area contributed by atoms with Crippen LogP contribution in [0, 0.1) is 0 Å². The minimum Gasteiger partial charge on any atom is -0.368 e. The van der Waals surface area contributed by atoms with Gasteiger partial charge >= 0.3 is 0 Å². The van der Waals surface area contributed by atoms with E-state index >= 15 is 0 Å². The Kier molecular flexibility index (Phi) is 9.83. The Labute approximate surface area is 292 Å². The summed E-state index contributed by atoms with van der Waals surface area (Å²) >= 11 is 0. The Hall–Kier alpha value is -2.78. The smallest absolute Gasteiger partial charge is 0.190 e. The van der Waals surface area contributed by atoms with Crippen LogP contribution in [0.25, 0.3) is 0 Å². The summed E-state index contributed by atoms with van der Waals surface area (Å²) in [5, 5.41) is 0. The molecule has 268 valence electrons. The highest BCUT2D eigenvalue weighted by atomic mass is 16.9. The van der Waals surface area contributed by atoms with Crippen molar-refractivity contribution in [3.05, 3.63) is 108 Å². The van der Waals surface area contributed by atoms with Crippen LogP contribution in [-0.4, -0.2) is 86.2 Å². The fourth-order valence-electron chi connectivity index (χ4n) is 7.33. The molecule has 0 aliphatic carbocycles. The van der Waals surface area contributed by atoms with Gasteiger partial charge in [0, 0.05) is 5.56 Å². The Bertz CT molecular complexity index is 1540. The maximum Gasteiger partial charge on any atom is 0.190 e. The van der Waals surface area contributed by atoms with Crippen LogP contribution >= 0.6 is 0 Å². The van der Waals surface area contributed by atoms with Crippen molar-refractivity contribution < 1.29 is 52.1 Å². The Morgan fingerprint density at radius 2 is 1.20 bits per heavy atom. The van der Waals surface area contributed by atoms with Crippen molar-refractivity contribution in [2.45, 2.75) is 120 Å². The second kappa shape index (κ2) is 14.3. The Morgan fingerprint density at radius 1 is 0.580 bits per heavy atom. The lowest BCUT2D eigenvalue weighted by atomic mass is 9.96. The number of ether oxygens (including phenoxy) is 11. The minimum absolute atomic E-state index is 0.262. The van der Waals surface area contributed by atoms with E-state index < -0.39 is 79.3 Å². The highest BCUT2D eigenvalue weighted by Crippen LogP contribution is 2.44. The van der Waals surface area contributed by atoms with Crippen molar-refractivity contribution >= 4 is 0 Å². The van der Waals surface area contributed by atoms with E-state index in [1.807, 2.05) is 119 Å². The second-order valence-corrected chi connectivity index (χ2v) is 14.3. The fraction of sp³-hybridized carbons (Fsp3) is 0.538. The molecule has 0 amide bonds. The molecular formula is C39H46O11.